The third-order valence-corrected chi connectivity index (χ3v) is 5.70. The minimum absolute atomic E-state index is 0.215. The predicted octanol–water partition coefficient (Wildman–Crippen LogP) is 3.73. The fourth-order valence-corrected chi connectivity index (χ4v) is 3.72. The van der Waals surface area contributed by atoms with E-state index in [-0.39, 0.29) is 11.8 Å². The molecule has 2 aromatic rings. The first-order valence-corrected chi connectivity index (χ1v) is 11.6. The fourth-order valence-electron chi connectivity index (χ4n) is 3.72. The zero-order valence-electron chi connectivity index (χ0n) is 20.9. The van der Waals surface area contributed by atoms with Gasteiger partial charge in [0.15, 0.2) is 0 Å². The summed E-state index contributed by atoms with van der Waals surface area (Å²) in [7, 11) is 1.55. The highest BCUT2D eigenvalue weighted by Crippen LogP contribution is 2.25. The van der Waals surface area contributed by atoms with Gasteiger partial charge >= 0.3 is 6.09 Å². The number of carbonyl (C=O) groups is 3. The van der Waals surface area contributed by atoms with Crippen LogP contribution in [0, 0.1) is 12.7 Å². The molecule has 0 saturated carbocycles. The number of anilines is 1. The predicted molar refractivity (Wildman–Crippen MR) is 132 cm³/mol. The van der Waals surface area contributed by atoms with Crippen LogP contribution >= 0.6 is 0 Å². The van der Waals surface area contributed by atoms with Gasteiger partial charge in [0, 0.05) is 44.5 Å². The second-order valence-electron chi connectivity index (χ2n) is 9.54. The zero-order chi connectivity index (χ0) is 25.8. The van der Waals surface area contributed by atoms with Crippen molar-refractivity contribution in [1.82, 2.24) is 15.1 Å². The Morgan fingerprint density at radius 1 is 0.971 bits per heavy atom. The summed E-state index contributed by atoms with van der Waals surface area (Å²) in [5.74, 6) is -0.841. The summed E-state index contributed by atoms with van der Waals surface area (Å²) >= 11 is 0. The molecule has 0 spiro atoms. The summed E-state index contributed by atoms with van der Waals surface area (Å²) in [6.07, 6.45) is -0.406. The summed E-state index contributed by atoms with van der Waals surface area (Å²) in [6.45, 7) is 8.44. The smallest absolute Gasteiger partial charge is 0.410 e. The molecule has 0 bridgehead atoms. The Bertz CT molecular complexity index is 1070. The summed E-state index contributed by atoms with van der Waals surface area (Å²) in [6, 6.07) is 10.6. The minimum atomic E-state index is -0.843. The first kappa shape index (κ1) is 26.0. The van der Waals surface area contributed by atoms with Crippen molar-refractivity contribution in [2.24, 2.45) is 0 Å². The van der Waals surface area contributed by atoms with Gasteiger partial charge in [-0.25, -0.2) is 9.18 Å². The van der Waals surface area contributed by atoms with Crippen LogP contribution < -0.4 is 10.6 Å². The van der Waals surface area contributed by atoms with Crippen LogP contribution in [-0.2, 0) is 9.53 Å². The Balaban J connectivity index is 1.78. The van der Waals surface area contributed by atoms with E-state index in [1.165, 1.54) is 6.07 Å². The molecular formula is C26H33FN4O4. The van der Waals surface area contributed by atoms with E-state index in [2.05, 4.69) is 10.6 Å². The number of piperazine rings is 1. The largest absolute Gasteiger partial charge is 0.444 e. The monoisotopic (exact) mass is 484 g/mol. The molecule has 188 valence electrons. The second-order valence-corrected chi connectivity index (χ2v) is 9.54. The van der Waals surface area contributed by atoms with E-state index in [0.29, 0.717) is 48.6 Å². The third-order valence-electron chi connectivity index (χ3n) is 5.70. The van der Waals surface area contributed by atoms with Gasteiger partial charge in [0.05, 0.1) is 0 Å². The van der Waals surface area contributed by atoms with Crippen LogP contribution in [0.3, 0.4) is 0 Å². The topological polar surface area (TPSA) is 91.0 Å². The van der Waals surface area contributed by atoms with Crippen LogP contribution in [0.1, 0.15) is 48.3 Å². The van der Waals surface area contributed by atoms with Gasteiger partial charge in [-0.15, -0.1) is 0 Å². The Hall–Kier alpha value is -3.62. The van der Waals surface area contributed by atoms with Gasteiger partial charge < -0.3 is 25.2 Å². The number of benzene rings is 2. The van der Waals surface area contributed by atoms with E-state index in [1.807, 2.05) is 20.8 Å². The highest BCUT2D eigenvalue weighted by atomic mass is 19.1. The normalized spacial score (nSPS) is 14.8. The van der Waals surface area contributed by atoms with Crippen LogP contribution in [0.5, 0.6) is 0 Å². The number of halogens is 1. The van der Waals surface area contributed by atoms with Crippen LogP contribution in [0.2, 0.25) is 0 Å². The van der Waals surface area contributed by atoms with Crippen LogP contribution in [0.15, 0.2) is 42.5 Å². The molecule has 3 amide bonds. The molecule has 1 aliphatic heterocycles. The van der Waals surface area contributed by atoms with Gasteiger partial charge in [0.1, 0.15) is 17.5 Å². The molecule has 8 nitrogen and oxygen atoms in total. The molecule has 1 fully saturated rings. The molecule has 0 radical (unpaired) electrons. The van der Waals surface area contributed by atoms with Crippen molar-refractivity contribution in [3.63, 3.8) is 0 Å². The number of carbonyl (C=O) groups excluding carboxylic acids is 3. The number of rotatable bonds is 5. The quantitative estimate of drug-likeness (QED) is 0.675. The maximum absolute atomic E-state index is 14.4. The van der Waals surface area contributed by atoms with Gasteiger partial charge in [-0.3, -0.25) is 9.59 Å². The standard InChI is InChI=1S/C26H33FN4O4/c1-17-6-7-19(16-21(17)27)22(29-20-10-8-18(9-11-20)23(32)28-5)24(33)30-12-14-31(15-13-30)25(34)35-26(2,3)4/h6-11,16,22,29H,12-15H2,1-5H3,(H,28,32). The molecule has 0 aromatic heterocycles. The fraction of sp³-hybridized carbons (Fsp3) is 0.423. The highest BCUT2D eigenvalue weighted by Gasteiger charge is 2.32. The highest BCUT2D eigenvalue weighted by molar-refractivity contribution is 5.94. The average molecular weight is 485 g/mol. The van der Waals surface area contributed by atoms with Crippen molar-refractivity contribution in [1.29, 1.82) is 0 Å². The van der Waals surface area contributed by atoms with E-state index < -0.39 is 23.6 Å². The Kier molecular flexibility index (Phi) is 7.99. The first-order valence-electron chi connectivity index (χ1n) is 11.6. The van der Waals surface area contributed by atoms with Crippen molar-refractivity contribution in [2.75, 3.05) is 38.5 Å². The van der Waals surface area contributed by atoms with Gasteiger partial charge in [-0.05, 0) is 69.2 Å². The van der Waals surface area contributed by atoms with Crippen molar-refractivity contribution in [2.45, 2.75) is 39.3 Å². The van der Waals surface area contributed by atoms with E-state index >= 15 is 0 Å². The van der Waals surface area contributed by atoms with Gasteiger partial charge in [0.2, 0.25) is 5.91 Å². The summed E-state index contributed by atoms with van der Waals surface area (Å²) < 4.78 is 19.8. The van der Waals surface area contributed by atoms with Crippen molar-refractivity contribution >= 4 is 23.6 Å². The lowest BCUT2D eigenvalue weighted by molar-refractivity contribution is -0.134. The van der Waals surface area contributed by atoms with Crippen molar-refractivity contribution in [3.05, 3.63) is 65.0 Å². The molecule has 1 heterocycles. The number of amides is 3. The molecule has 35 heavy (non-hydrogen) atoms. The molecule has 1 unspecified atom stereocenters. The SMILES string of the molecule is CNC(=O)c1ccc(NC(C(=O)N2CCN(C(=O)OC(C)(C)C)CC2)c2ccc(C)c(F)c2)cc1. The maximum Gasteiger partial charge on any atom is 0.410 e. The van der Waals surface area contributed by atoms with Gasteiger partial charge in [-0.2, -0.15) is 0 Å². The van der Waals surface area contributed by atoms with E-state index in [0.717, 1.165) is 0 Å². The molecule has 1 aliphatic rings. The summed E-state index contributed by atoms with van der Waals surface area (Å²) in [5, 5.41) is 5.76. The molecule has 2 aromatic carbocycles. The molecule has 3 rings (SSSR count). The van der Waals surface area contributed by atoms with E-state index in [1.54, 1.807) is 60.2 Å². The average Bonchev–Trinajstić information content (AvgIpc) is 2.83. The number of nitrogens with zero attached hydrogens (tertiary/aromatic N) is 2. The van der Waals surface area contributed by atoms with Crippen LogP contribution in [0.4, 0.5) is 14.9 Å². The molecule has 1 atom stereocenters. The lowest BCUT2D eigenvalue weighted by Gasteiger charge is -2.37. The van der Waals surface area contributed by atoms with Crippen LogP contribution in [-0.4, -0.2) is 66.5 Å². The molecule has 1 saturated heterocycles. The third kappa shape index (κ3) is 6.71. The number of hydrogen-bond donors (Lipinski definition) is 2. The van der Waals surface area contributed by atoms with E-state index in [9.17, 15) is 18.8 Å². The lowest BCUT2D eigenvalue weighted by Crippen LogP contribution is -2.53. The molecular weight excluding hydrogens is 451 g/mol. The number of nitrogens with one attached hydrogen (secondary N) is 2. The summed E-state index contributed by atoms with van der Waals surface area (Å²) in [4.78, 5) is 41.0. The zero-order valence-corrected chi connectivity index (χ0v) is 20.9. The minimum Gasteiger partial charge on any atom is -0.444 e. The van der Waals surface area contributed by atoms with E-state index in [4.69, 9.17) is 4.74 Å². The maximum atomic E-state index is 14.4. The summed E-state index contributed by atoms with van der Waals surface area (Å²) in [5.41, 5.74) is 1.48. The van der Waals surface area contributed by atoms with Gasteiger partial charge in [-0.1, -0.05) is 12.1 Å². The van der Waals surface area contributed by atoms with Crippen molar-refractivity contribution in [3.8, 4) is 0 Å². The molecule has 0 aliphatic carbocycles. The Morgan fingerprint density at radius 2 is 1.57 bits per heavy atom. The number of aryl methyl sites for hydroxylation is 1. The van der Waals surface area contributed by atoms with Crippen LogP contribution in [0.25, 0.3) is 0 Å². The Morgan fingerprint density at radius 3 is 2.11 bits per heavy atom. The number of ether oxygens (including phenoxy) is 1. The number of hydrogen-bond acceptors (Lipinski definition) is 5. The molecule has 9 heteroatoms. The Labute approximate surface area is 205 Å². The second kappa shape index (κ2) is 10.8. The first-order chi connectivity index (χ1) is 16.5. The van der Waals surface area contributed by atoms with Gasteiger partial charge in [0.25, 0.3) is 5.91 Å². The van der Waals surface area contributed by atoms with Crippen molar-refractivity contribution < 1.29 is 23.5 Å². The molecule has 2 N–H and O–H groups in total. The lowest BCUT2D eigenvalue weighted by atomic mass is 10.0.